The second kappa shape index (κ2) is 6.22. The summed E-state index contributed by atoms with van der Waals surface area (Å²) in [6, 6.07) is 8.35. The number of aromatic nitrogens is 1. The maximum absolute atomic E-state index is 12.4. The van der Waals surface area contributed by atoms with E-state index in [-0.39, 0.29) is 20.6 Å². The first-order valence-electron chi connectivity index (χ1n) is 5.96. The van der Waals surface area contributed by atoms with Crippen LogP contribution >= 0.6 is 57.7 Å². The Morgan fingerprint density at radius 1 is 1.05 bits per heavy atom. The summed E-state index contributed by atoms with van der Waals surface area (Å²) in [7, 11) is 0. The summed E-state index contributed by atoms with van der Waals surface area (Å²) >= 11 is 25.2. The zero-order valence-electron chi connectivity index (χ0n) is 10.7. The minimum Gasteiger partial charge on any atom is -0.298 e. The van der Waals surface area contributed by atoms with Crippen molar-refractivity contribution in [2.75, 3.05) is 5.32 Å². The van der Waals surface area contributed by atoms with E-state index in [1.807, 2.05) is 0 Å². The molecule has 3 aromatic rings. The first kappa shape index (κ1) is 15.8. The van der Waals surface area contributed by atoms with Crippen LogP contribution in [0.2, 0.25) is 20.1 Å². The van der Waals surface area contributed by atoms with Crippen LogP contribution in [0.1, 0.15) is 10.4 Å². The maximum Gasteiger partial charge on any atom is 0.260 e. The number of thiazole rings is 1. The number of nitrogens with zero attached hydrogens (tertiary/aromatic N) is 1. The van der Waals surface area contributed by atoms with Gasteiger partial charge in [-0.15, -0.1) is 0 Å². The van der Waals surface area contributed by atoms with Crippen LogP contribution in [0.25, 0.3) is 10.2 Å². The fourth-order valence-electron chi connectivity index (χ4n) is 1.85. The smallest absolute Gasteiger partial charge is 0.260 e. The number of fused-ring (bicyclic) bond motifs is 1. The maximum atomic E-state index is 12.4. The molecule has 1 aromatic heterocycles. The molecule has 0 fully saturated rings. The molecule has 0 saturated heterocycles. The van der Waals surface area contributed by atoms with Gasteiger partial charge in [0.05, 0.1) is 30.8 Å². The molecule has 2 aromatic carbocycles. The standard InChI is InChI=1S/C14H6Cl4N2OS/c15-6-1-4-9-10(5-6)22-14(19-9)20-13(21)11-7(16)2-3-8(17)12(11)18/h1-5H,(H,19,20,21). The van der Waals surface area contributed by atoms with E-state index in [0.29, 0.717) is 10.2 Å². The average Bonchev–Trinajstić information content (AvgIpc) is 2.84. The summed E-state index contributed by atoms with van der Waals surface area (Å²) in [5.41, 5.74) is 0.862. The second-order valence-electron chi connectivity index (χ2n) is 4.30. The quantitative estimate of drug-likeness (QED) is 0.531. The molecule has 8 heteroatoms. The molecule has 0 bridgehead atoms. The van der Waals surface area contributed by atoms with Gasteiger partial charge in [-0.05, 0) is 30.3 Å². The Morgan fingerprint density at radius 3 is 2.55 bits per heavy atom. The Kier molecular flexibility index (Phi) is 4.48. The van der Waals surface area contributed by atoms with Crippen LogP contribution in [-0.2, 0) is 0 Å². The fraction of sp³-hybridized carbons (Fsp3) is 0. The summed E-state index contributed by atoms with van der Waals surface area (Å²) in [6.07, 6.45) is 0. The topological polar surface area (TPSA) is 42.0 Å². The van der Waals surface area contributed by atoms with Crippen molar-refractivity contribution in [1.82, 2.24) is 4.98 Å². The van der Waals surface area contributed by atoms with Gasteiger partial charge in [0.2, 0.25) is 0 Å². The van der Waals surface area contributed by atoms with Crippen LogP contribution < -0.4 is 5.32 Å². The number of carbonyl (C=O) groups excluding carboxylic acids is 1. The van der Waals surface area contributed by atoms with E-state index in [1.165, 1.54) is 23.5 Å². The first-order valence-corrected chi connectivity index (χ1v) is 8.29. The number of nitrogens with one attached hydrogen (secondary N) is 1. The third-order valence-corrected chi connectivity index (χ3v) is 5.13. The molecular weight excluding hydrogens is 386 g/mol. The molecule has 0 spiro atoms. The van der Waals surface area contributed by atoms with Crippen molar-refractivity contribution in [2.24, 2.45) is 0 Å². The van der Waals surface area contributed by atoms with E-state index in [1.54, 1.807) is 18.2 Å². The Hall–Kier alpha value is -1.04. The number of halogens is 4. The largest absolute Gasteiger partial charge is 0.298 e. The lowest BCUT2D eigenvalue weighted by Gasteiger charge is -2.07. The molecule has 0 aliphatic carbocycles. The summed E-state index contributed by atoms with van der Waals surface area (Å²) in [6.45, 7) is 0. The number of hydrogen-bond donors (Lipinski definition) is 1. The normalized spacial score (nSPS) is 10.9. The lowest BCUT2D eigenvalue weighted by Crippen LogP contribution is -2.13. The number of carbonyl (C=O) groups is 1. The highest BCUT2D eigenvalue weighted by Crippen LogP contribution is 2.33. The van der Waals surface area contributed by atoms with Gasteiger partial charge < -0.3 is 0 Å². The Labute approximate surface area is 149 Å². The SMILES string of the molecule is O=C(Nc1nc2ccc(Cl)cc2s1)c1c(Cl)ccc(Cl)c1Cl. The van der Waals surface area contributed by atoms with Gasteiger partial charge in [0.25, 0.3) is 5.91 Å². The summed E-state index contributed by atoms with van der Waals surface area (Å²) in [5.74, 6) is -0.470. The van der Waals surface area contributed by atoms with E-state index in [4.69, 9.17) is 46.4 Å². The van der Waals surface area contributed by atoms with Gasteiger partial charge in [-0.3, -0.25) is 10.1 Å². The van der Waals surface area contributed by atoms with Crippen molar-refractivity contribution >= 4 is 79.0 Å². The molecule has 0 atom stereocenters. The molecule has 0 unspecified atom stereocenters. The second-order valence-corrected chi connectivity index (χ2v) is 6.96. The van der Waals surface area contributed by atoms with Crippen LogP contribution in [0.3, 0.4) is 0 Å². The van der Waals surface area contributed by atoms with Crippen LogP contribution in [0.15, 0.2) is 30.3 Å². The third kappa shape index (κ3) is 3.03. The van der Waals surface area contributed by atoms with Crippen LogP contribution in [0.4, 0.5) is 5.13 Å². The highest BCUT2D eigenvalue weighted by molar-refractivity contribution is 7.22. The van der Waals surface area contributed by atoms with E-state index in [0.717, 1.165) is 10.2 Å². The van der Waals surface area contributed by atoms with Crippen molar-refractivity contribution in [3.8, 4) is 0 Å². The molecule has 112 valence electrons. The highest BCUT2D eigenvalue weighted by Gasteiger charge is 2.18. The predicted molar refractivity (Wildman–Crippen MR) is 94.1 cm³/mol. The molecule has 1 N–H and O–H groups in total. The van der Waals surface area contributed by atoms with Crippen LogP contribution in [0, 0.1) is 0 Å². The lowest BCUT2D eigenvalue weighted by molar-refractivity contribution is 0.102. The molecule has 22 heavy (non-hydrogen) atoms. The van der Waals surface area contributed by atoms with E-state index < -0.39 is 5.91 Å². The fourth-order valence-corrected chi connectivity index (χ4v) is 3.68. The molecular formula is C14H6Cl4N2OS. The third-order valence-electron chi connectivity index (χ3n) is 2.84. The Morgan fingerprint density at radius 2 is 1.77 bits per heavy atom. The minimum absolute atomic E-state index is 0.107. The van der Waals surface area contributed by atoms with Crippen molar-refractivity contribution in [1.29, 1.82) is 0 Å². The zero-order chi connectivity index (χ0) is 15.9. The van der Waals surface area contributed by atoms with Gasteiger partial charge >= 0.3 is 0 Å². The van der Waals surface area contributed by atoms with E-state index in [9.17, 15) is 4.79 Å². The summed E-state index contributed by atoms with van der Waals surface area (Å²) in [4.78, 5) is 16.7. The Bertz CT molecular complexity index is 894. The molecule has 1 heterocycles. The number of hydrogen-bond acceptors (Lipinski definition) is 3. The van der Waals surface area contributed by atoms with Crippen molar-refractivity contribution in [3.63, 3.8) is 0 Å². The molecule has 0 radical (unpaired) electrons. The molecule has 3 nitrogen and oxygen atoms in total. The van der Waals surface area contributed by atoms with Gasteiger partial charge in [0, 0.05) is 5.02 Å². The van der Waals surface area contributed by atoms with E-state index in [2.05, 4.69) is 10.3 Å². The van der Waals surface area contributed by atoms with Gasteiger partial charge in [-0.25, -0.2) is 4.98 Å². The minimum atomic E-state index is -0.470. The number of anilines is 1. The summed E-state index contributed by atoms with van der Waals surface area (Å²) < 4.78 is 0.867. The lowest BCUT2D eigenvalue weighted by atomic mass is 10.2. The highest BCUT2D eigenvalue weighted by atomic mass is 35.5. The van der Waals surface area contributed by atoms with Gasteiger partial charge in [0.1, 0.15) is 0 Å². The molecule has 0 saturated carbocycles. The van der Waals surface area contributed by atoms with E-state index >= 15 is 0 Å². The van der Waals surface area contributed by atoms with Crippen molar-refractivity contribution in [3.05, 3.63) is 56.0 Å². The molecule has 3 rings (SSSR count). The van der Waals surface area contributed by atoms with Crippen LogP contribution in [-0.4, -0.2) is 10.9 Å². The number of rotatable bonds is 2. The first-order chi connectivity index (χ1) is 10.5. The van der Waals surface area contributed by atoms with Gasteiger partial charge in [-0.2, -0.15) is 0 Å². The zero-order valence-corrected chi connectivity index (χ0v) is 14.5. The average molecular weight is 392 g/mol. The molecule has 0 aliphatic rings. The van der Waals surface area contributed by atoms with Crippen molar-refractivity contribution < 1.29 is 4.79 Å². The molecule has 0 aliphatic heterocycles. The predicted octanol–water partition coefficient (Wildman–Crippen LogP) is 6.16. The van der Waals surface area contributed by atoms with Gasteiger partial charge in [-0.1, -0.05) is 57.7 Å². The number of amides is 1. The van der Waals surface area contributed by atoms with Gasteiger partial charge in [0.15, 0.2) is 5.13 Å². The molecule has 1 amide bonds. The monoisotopic (exact) mass is 390 g/mol. The number of benzene rings is 2. The summed E-state index contributed by atoms with van der Waals surface area (Å²) in [5, 5.41) is 4.29. The Balaban J connectivity index is 1.95. The van der Waals surface area contributed by atoms with Crippen molar-refractivity contribution in [2.45, 2.75) is 0 Å². The van der Waals surface area contributed by atoms with Crippen LogP contribution in [0.5, 0.6) is 0 Å².